The highest BCUT2D eigenvalue weighted by Crippen LogP contribution is 2.32. The van der Waals surface area contributed by atoms with Crippen LogP contribution in [0, 0.1) is 16.0 Å². The smallest absolute Gasteiger partial charge is 0.337 e. The molecule has 0 spiro atoms. The van der Waals surface area contributed by atoms with Crippen molar-refractivity contribution in [3.63, 3.8) is 0 Å². The summed E-state index contributed by atoms with van der Waals surface area (Å²) < 4.78 is 0. The van der Waals surface area contributed by atoms with Crippen molar-refractivity contribution in [3.05, 3.63) is 62.7 Å². The van der Waals surface area contributed by atoms with E-state index in [9.17, 15) is 19.7 Å². The maximum Gasteiger partial charge on any atom is 0.337 e. The van der Waals surface area contributed by atoms with Gasteiger partial charge in [0.2, 0.25) is 0 Å². The molecule has 1 saturated heterocycles. The number of carboxylic acid groups (broad SMARTS) is 1. The van der Waals surface area contributed by atoms with Gasteiger partial charge in [-0.1, -0.05) is 18.5 Å². The van der Waals surface area contributed by atoms with Crippen molar-refractivity contribution in [2.45, 2.75) is 19.8 Å². The van der Waals surface area contributed by atoms with Crippen molar-refractivity contribution in [2.75, 3.05) is 23.3 Å². The van der Waals surface area contributed by atoms with Gasteiger partial charge < -0.3 is 15.3 Å². The van der Waals surface area contributed by atoms with E-state index in [0.29, 0.717) is 17.3 Å². The molecular weight excluding hydrogens is 456 g/mol. The lowest BCUT2D eigenvalue weighted by molar-refractivity contribution is -0.384. The number of nitro benzene ring substituents is 1. The van der Waals surface area contributed by atoms with Gasteiger partial charge in [-0.3, -0.25) is 20.2 Å². The molecule has 0 unspecified atom stereocenters. The molecule has 0 aromatic heterocycles. The van der Waals surface area contributed by atoms with Crippen molar-refractivity contribution < 1.29 is 19.6 Å². The van der Waals surface area contributed by atoms with Crippen LogP contribution in [-0.2, 0) is 0 Å². The minimum atomic E-state index is -1.20. The molecule has 168 valence electrons. The van der Waals surface area contributed by atoms with Crippen LogP contribution in [0.3, 0.4) is 0 Å². The summed E-state index contributed by atoms with van der Waals surface area (Å²) in [6.45, 7) is 3.60. The Labute approximate surface area is 194 Å². The average Bonchev–Trinajstić information content (AvgIpc) is 2.75. The molecule has 1 aliphatic heterocycles. The summed E-state index contributed by atoms with van der Waals surface area (Å²) in [4.78, 5) is 36.9. The number of nitrogens with one attached hydrogen (secondary N) is 2. The zero-order chi connectivity index (χ0) is 23.4. The van der Waals surface area contributed by atoms with E-state index in [1.54, 1.807) is 6.07 Å². The molecule has 0 aliphatic carbocycles. The Morgan fingerprint density at radius 3 is 2.53 bits per heavy atom. The van der Waals surface area contributed by atoms with Gasteiger partial charge in [-0.2, -0.15) is 0 Å². The normalized spacial score (nSPS) is 14.0. The molecule has 1 amide bonds. The van der Waals surface area contributed by atoms with Crippen LogP contribution < -0.4 is 15.5 Å². The van der Waals surface area contributed by atoms with E-state index in [4.69, 9.17) is 28.9 Å². The first-order chi connectivity index (χ1) is 15.2. The second-order valence-corrected chi connectivity index (χ2v) is 8.35. The summed E-state index contributed by atoms with van der Waals surface area (Å²) in [5.74, 6) is -1.25. The van der Waals surface area contributed by atoms with Crippen LogP contribution in [0.25, 0.3) is 0 Å². The van der Waals surface area contributed by atoms with Crippen LogP contribution in [0.5, 0.6) is 0 Å². The Morgan fingerprint density at radius 2 is 1.91 bits per heavy atom. The highest BCUT2D eigenvalue weighted by molar-refractivity contribution is 7.80. The van der Waals surface area contributed by atoms with Crippen LogP contribution >= 0.6 is 23.8 Å². The summed E-state index contributed by atoms with van der Waals surface area (Å²) in [5.41, 5.74) is 0.621. The number of rotatable bonds is 5. The number of thiocarbonyl (C=S) groups is 1. The molecule has 9 nitrogen and oxygen atoms in total. The first-order valence-electron chi connectivity index (χ1n) is 9.84. The van der Waals surface area contributed by atoms with Gasteiger partial charge in [0.25, 0.3) is 11.6 Å². The predicted octanol–water partition coefficient (Wildman–Crippen LogP) is 4.31. The quantitative estimate of drug-likeness (QED) is 0.331. The number of amides is 1. The third-order valence-corrected chi connectivity index (χ3v) is 5.77. The Balaban J connectivity index is 1.72. The Kier molecular flexibility index (Phi) is 7.26. The molecule has 0 radical (unpaired) electrons. The number of aromatic carboxylic acids is 1. The summed E-state index contributed by atoms with van der Waals surface area (Å²) in [6.07, 6.45) is 1.90. The number of benzene rings is 2. The highest BCUT2D eigenvalue weighted by Gasteiger charge is 2.25. The number of piperidine rings is 1. The van der Waals surface area contributed by atoms with Crippen LogP contribution in [0.1, 0.15) is 40.5 Å². The van der Waals surface area contributed by atoms with Crippen molar-refractivity contribution in [1.82, 2.24) is 5.32 Å². The molecule has 1 aliphatic rings. The third-order valence-electron chi connectivity index (χ3n) is 5.24. The van der Waals surface area contributed by atoms with E-state index in [1.807, 2.05) is 4.90 Å². The van der Waals surface area contributed by atoms with Crippen LogP contribution in [0.15, 0.2) is 36.4 Å². The zero-order valence-electron chi connectivity index (χ0n) is 17.1. The van der Waals surface area contributed by atoms with E-state index < -0.39 is 16.8 Å². The lowest BCUT2D eigenvalue weighted by Gasteiger charge is -2.31. The van der Waals surface area contributed by atoms with E-state index in [-0.39, 0.29) is 26.9 Å². The lowest BCUT2D eigenvalue weighted by Crippen LogP contribution is -2.35. The van der Waals surface area contributed by atoms with E-state index in [0.717, 1.165) is 25.9 Å². The number of carbonyl (C=O) groups is 2. The van der Waals surface area contributed by atoms with Crippen molar-refractivity contribution in [1.29, 1.82) is 0 Å². The van der Waals surface area contributed by atoms with Gasteiger partial charge in [0, 0.05) is 30.4 Å². The molecule has 1 heterocycles. The van der Waals surface area contributed by atoms with Gasteiger partial charge in [-0.05, 0) is 61.3 Å². The molecule has 0 bridgehead atoms. The van der Waals surface area contributed by atoms with Crippen molar-refractivity contribution in [3.8, 4) is 0 Å². The SMILES string of the molecule is CC1CCN(c2ccc(C(=O)NC(=S)Nc3ccc(Cl)c(C(=O)O)c3)cc2[N+](=O)[O-])CC1. The molecular formula is C21H21ClN4O5S. The van der Waals surface area contributed by atoms with Crippen LogP contribution in [-0.4, -0.2) is 40.1 Å². The van der Waals surface area contributed by atoms with E-state index in [2.05, 4.69) is 17.6 Å². The fraction of sp³-hybridized carbons (Fsp3) is 0.286. The molecule has 2 aromatic rings. The maximum absolute atomic E-state index is 12.6. The van der Waals surface area contributed by atoms with E-state index in [1.165, 1.54) is 30.3 Å². The van der Waals surface area contributed by atoms with E-state index >= 15 is 0 Å². The summed E-state index contributed by atoms with van der Waals surface area (Å²) in [7, 11) is 0. The number of nitrogens with zero attached hydrogens (tertiary/aromatic N) is 2. The largest absolute Gasteiger partial charge is 0.478 e. The van der Waals surface area contributed by atoms with Crippen LogP contribution in [0.4, 0.5) is 17.1 Å². The highest BCUT2D eigenvalue weighted by atomic mass is 35.5. The Morgan fingerprint density at radius 1 is 1.22 bits per heavy atom. The second-order valence-electron chi connectivity index (χ2n) is 7.54. The number of halogens is 1. The topological polar surface area (TPSA) is 125 Å². The van der Waals surface area contributed by atoms with Gasteiger partial charge in [0.15, 0.2) is 5.11 Å². The fourth-order valence-electron chi connectivity index (χ4n) is 3.43. The van der Waals surface area contributed by atoms with Gasteiger partial charge >= 0.3 is 5.97 Å². The number of anilines is 2. The molecule has 2 aromatic carbocycles. The molecule has 32 heavy (non-hydrogen) atoms. The minimum Gasteiger partial charge on any atom is -0.478 e. The number of carbonyl (C=O) groups excluding carboxylic acids is 1. The maximum atomic E-state index is 12.6. The first-order valence-corrected chi connectivity index (χ1v) is 10.6. The number of hydrogen-bond donors (Lipinski definition) is 3. The molecule has 1 fully saturated rings. The zero-order valence-corrected chi connectivity index (χ0v) is 18.7. The number of hydrogen-bond acceptors (Lipinski definition) is 6. The summed E-state index contributed by atoms with van der Waals surface area (Å²) in [6, 6.07) is 8.51. The monoisotopic (exact) mass is 476 g/mol. The fourth-order valence-corrected chi connectivity index (χ4v) is 3.84. The molecule has 0 atom stereocenters. The molecule has 3 N–H and O–H groups in total. The third kappa shape index (κ3) is 5.51. The van der Waals surface area contributed by atoms with Crippen molar-refractivity contribution in [2.24, 2.45) is 5.92 Å². The summed E-state index contributed by atoms with van der Waals surface area (Å²) >= 11 is 11.0. The second kappa shape index (κ2) is 9.92. The number of carboxylic acids is 1. The standard InChI is InChI=1S/C21H21ClN4O5S/c1-12-6-8-25(9-7-12)17-5-2-13(10-18(17)26(30)31)19(27)24-21(32)23-14-3-4-16(22)15(11-14)20(28)29/h2-5,10-12H,6-9H2,1H3,(H,28,29)(H2,23,24,27,32). The molecule has 11 heteroatoms. The predicted molar refractivity (Wildman–Crippen MR) is 126 cm³/mol. The Hall–Kier alpha value is -3.24. The van der Waals surface area contributed by atoms with Gasteiger partial charge in [-0.15, -0.1) is 0 Å². The molecule has 0 saturated carbocycles. The Bertz CT molecular complexity index is 1090. The van der Waals surface area contributed by atoms with Crippen LogP contribution in [0.2, 0.25) is 5.02 Å². The van der Waals surface area contributed by atoms with Crippen molar-refractivity contribution >= 4 is 57.9 Å². The lowest BCUT2D eigenvalue weighted by atomic mass is 9.98. The number of nitro groups is 1. The van der Waals surface area contributed by atoms with Gasteiger partial charge in [0.05, 0.1) is 15.5 Å². The minimum absolute atomic E-state index is 0.0635. The van der Waals surface area contributed by atoms with Gasteiger partial charge in [-0.25, -0.2) is 4.79 Å². The van der Waals surface area contributed by atoms with Gasteiger partial charge in [0.1, 0.15) is 5.69 Å². The average molecular weight is 477 g/mol. The molecule has 3 rings (SSSR count). The summed E-state index contributed by atoms with van der Waals surface area (Å²) in [5, 5.41) is 25.9. The first kappa shape index (κ1) is 23.4.